The number of likely N-dealkylation sites (N-methyl/N-ethyl adjacent to an activating group) is 1. The number of amides is 2. The maximum Gasteiger partial charge on any atom is 0.242 e. The molecule has 1 aromatic carbocycles. The second kappa shape index (κ2) is 9.88. The number of carbonyl (C=O) groups is 2. The summed E-state index contributed by atoms with van der Waals surface area (Å²) in [6.45, 7) is 5.96. The number of carbonyl (C=O) groups excluding carboxylic acids is 2. The number of anilines is 1. The number of thiazole rings is 1. The SMILES string of the molecule is CCN(C(=O)CN1CCN(C(=O)CCC2CCCC2)CC1)c1nc2ccccc2s1. The monoisotopic (exact) mass is 428 g/mol. The molecule has 0 atom stereocenters. The van der Waals surface area contributed by atoms with Crippen LogP contribution in [0.15, 0.2) is 24.3 Å². The number of hydrogen-bond donors (Lipinski definition) is 0. The summed E-state index contributed by atoms with van der Waals surface area (Å²) in [5.41, 5.74) is 0.938. The molecule has 1 aliphatic heterocycles. The van der Waals surface area contributed by atoms with E-state index in [1.54, 1.807) is 16.2 Å². The lowest BCUT2D eigenvalue weighted by molar-refractivity contribution is -0.133. The molecule has 6 nitrogen and oxygen atoms in total. The number of nitrogens with zero attached hydrogens (tertiary/aromatic N) is 4. The highest BCUT2D eigenvalue weighted by atomic mass is 32.1. The number of benzene rings is 1. The third-order valence-electron chi connectivity index (χ3n) is 6.46. The molecule has 0 radical (unpaired) electrons. The van der Waals surface area contributed by atoms with Crippen molar-refractivity contribution in [3.63, 3.8) is 0 Å². The Kier molecular flexibility index (Phi) is 7.00. The Labute approximate surface area is 182 Å². The normalized spacial score (nSPS) is 18.2. The van der Waals surface area contributed by atoms with E-state index < -0.39 is 0 Å². The van der Waals surface area contributed by atoms with Crippen molar-refractivity contribution in [2.75, 3.05) is 44.2 Å². The zero-order valence-electron chi connectivity index (χ0n) is 17.9. The van der Waals surface area contributed by atoms with Gasteiger partial charge in [-0.3, -0.25) is 19.4 Å². The standard InChI is InChI=1S/C23H32N4O2S/c1-2-27(23-24-19-9-5-6-10-20(19)30-23)22(29)17-25-13-15-26(16-14-25)21(28)12-11-18-7-3-4-8-18/h5-6,9-10,18H,2-4,7-8,11-17H2,1H3. The molecule has 0 bridgehead atoms. The van der Waals surface area contributed by atoms with Gasteiger partial charge < -0.3 is 4.90 Å². The van der Waals surface area contributed by atoms with Gasteiger partial charge in [-0.05, 0) is 31.4 Å². The van der Waals surface area contributed by atoms with Gasteiger partial charge in [-0.2, -0.15) is 0 Å². The van der Waals surface area contributed by atoms with Gasteiger partial charge >= 0.3 is 0 Å². The highest BCUT2D eigenvalue weighted by molar-refractivity contribution is 7.22. The minimum atomic E-state index is 0.0811. The molecule has 2 heterocycles. The van der Waals surface area contributed by atoms with Crippen LogP contribution in [-0.2, 0) is 9.59 Å². The molecule has 2 aliphatic rings. The first-order valence-electron chi connectivity index (χ1n) is 11.3. The Morgan fingerprint density at radius 3 is 2.57 bits per heavy atom. The Balaban J connectivity index is 1.26. The van der Waals surface area contributed by atoms with Gasteiger partial charge in [-0.15, -0.1) is 0 Å². The summed E-state index contributed by atoms with van der Waals surface area (Å²) in [6, 6.07) is 7.99. The van der Waals surface area contributed by atoms with Crippen molar-refractivity contribution in [3.05, 3.63) is 24.3 Å². The van der Waals surface area contributed by atoms with Crippen LogP contribution in [0.4, 0.5) is 5.13 Å². The second-order valence-corrected chi connectivity index (χ2v) is 9.46. The van der Waals surface area contributed by atoms with Crippen molar-refractivity contribution in [1.82, 2.24) is 14.8 Å². The van der Waals surface area contributed by atoms with Crippen LogP contribution in [0.1, 0.15) is 45.4 Å². The van der Waals surface area contributed by atoms with Crippen molar-refractivity contribution >= 4 is 38.5 Å². The van der Waals surface area contributed by atoms with Gasteiger partial charge in [0.1, 0.15) is 0 Å². The molecule has 2 amide bonds. The maximum absolute atomic E-state index is 13.0. The van der Waals surface area contributed by atoms with E-state index in [1.165, 1.54) is 25.7 Å². The first-order chi connectivity index (χ1) is 14.6. The lowest BCUT2D eigenvalue weighted by Gasteiger charge is -2.35. The van der Waals surface area contributed by atoms with Crippen LogP contribution in [0.25, 0.3) is 10.2 Å². The third-order valence-corrected chi connectivity index (χ3v) is 7.52. The van der Waals surface area contributed by atoms with Crippen LogP contribution in [0.2, 0.25) is 0 Å². The zero-order valence-corrected chi connectivity index (χ0v) is 18.7. The summed E-state index contributed by atoms with van der Waals surface area (Å²) < 4.78 is 1.10. The minimum absolute atomic E-state index is 0.0811. The molecule has 0 spiro atoms. The predicted molar refractivity (Wildman–Crippen MR) is 122 cm³/mol. The molecule has 2 fully saturated rings. The fourth-order valence-electron chi connectivity index (χ4n) is 4.61. The maximum atomic E-state index is 13.0. The highest BCUT2D eigenvalue weighted by Crippen LogP contribution is 2.29. The summed E-state index contributed by atoms with van der Waals surface area (Å²) in [5.74, 6) is 1.13. The van der Waals surface area contributed by atoms with Crippen LogP contribution in [0.3, 0.4) is 0 Å². The number of hydrogen-bond acceptors (Lipinski definition) is 5. The molecule has 0 unspecified atom stereocenters. The number of piperazine rings is 1. The molecule has 162 valence electrons. The molecule has 1 aromatic heterocycles. The first-order valence-corrected chi connectivity index (χ1v) is 12.1. The molecule has 30 heavy (non-hydrogen) atoms. The van der Waals surface area contributed by atoms with E-state index in [2.05, 4.69) is 9.88 Å². The lowest BCUT2D eigenvalue weighted by atomic mass is 10.0. The van der Waals surface area contributed by atoms with Crippen molar-refractivity contribution in [1.29, 1.82) is 0 Å². The van der Waals surface area contributed by atoms with Crippen molar-refractivity contribution in [2.45, 2.75) is 45.4 Å². The first kappa shape index (κ1) is 21.2. The molecular weight excluding hydrogens is 396 g/mol. The van der Waals surface area contributed by atoms with Crippen molar-refractivity contribution in [2.24, 2.45) is 5.92 Å². The summed E-state index contributed by atoms with van der Waals surface area (Å²) in [6.07, 6.45) is 6.99. The van der Waals surface area contributed by atoms with Crippen molar-refractivity contribution < 1.29 is 9.59 Å². The topological polar surface area (TPSA) is 56.8 Å². The Hall–Kier alpha value is -1.99. The molecule has 1 aliphatic carbocycles. The summed E-state index contributed by atoms with van der Waals surface area (Å²) in [5, 5.41) is 0.768. The summed E-state index contributed by atoms with van der Waals surface area (Å²) in [4.78, 5) is 36.1. The zero-order chi connectivity index (χ0) is 20.9. The van der Waals surface area contributed by atoms with Crippen LogP contribution in [-0.4, -0.2) is 65.9 Å². The fraction of sp³-hybridized carbons (Fsp3) is 0.609. The van der Waals surface area contributed by atoms with Crippen LogP contribution in [0.5, 0.6) is 0 Å². The van der Waals surface area contributed by atoms with Gasteiger partial charge in [0.2, 0.25) is 11.8 Å². The highest BCUT2D eigenvalue weighted by Gasteiger charge is 2.26. The smallest absolute Gasteiger partial charge is 0.242 e. The summed E-state index contributed by atoms with van der Waals surface area (Å²) in [7, 11) is 0. The van der Waals surface area contributed by atoms with E-state index in [-0.39, 0.29) is 11.8 Å². The van der Waals surface area contributed by atoms with E-state index in [4.69, 9.17) is 0 Å². The van der Waals surface area contributed by atoms with E-state index in [0.717, 1.165) is 53.9 Å². The molecule has 1 saturated heterocycles. The number of aromatic nitrogens is 1. The lowest BCUT2D eigenvalue weighted by Crippen LogP contribution is -2.51. The molecule has 7 heteroatoms. The second-order valence-electron chi connectivity index (χ2n) is 8.45. The van der Waals surface area contributed by atoms with Gasteiger partial charge in [0, 0.05) is 39.1 Å². The molecule has 4 rings (SSSR count). The predicted octanol–water partition coefficient (Wildman–Crippen LogP) is 3.76. The molecular formula is C23H32N4O2S. The van der Waals surface area contributed by atoms with Gasteiger partial charge in [0.25, 0.3) is 0 Å². The molecule has 1 saturated carbocycles. The average molecular weight is 429 g/mol. The number of rotatable bonds is 7. The average Bonchev–Trinajstić information content (AvgIpc) is 3.42. The van der Waals surface area contributed by atoms with Crippen LogP contribution in [0, 0.1) is 5.92 Å². The van der Waals surface area contributed by atoms with Gasteiger partial charge in [0.15, 0.2) is 5.13 Å². The Morgan fingerprint density at radius 2 is 1.87 bits per heavy atom. The van der Waals surface area contributed by atoms with E-state index >= 15 is 0 Å². The summed E-state index contributed by atoms with van der Waals surface area (Å²) >= 11 is 1.56. The van der Waals surface area contributed by atoms with E-state index in [9.17, 15) is 9.59 Å². The third kappa shape index (κ3) is 5.01. The molecule has 2 aromatic rings. The fourth-order valence-corrected chi connectivity index (χ4v) is 5.66. The van der Waals surface area contributed by atoms with Crippen LogP contribution >= 0.6 is 11.3 Å². The Morgan fingerprint density at radius 1 is 1.13 bits per heavy atom. The Bertz CT molecular complexity index is 836. The minimum Gasteiger partial charge on any atom is -0.340 e. The number of fused-ring (bicyclic) bond motifs is 1. The van der Waals surface area contributed by atoms with E-state index in [1.807, 2.05) is 36.1 Å². The van der Waals surface area contributed by atoms with Gasteiger partial charge in [0.05, 0.1) is 16.8 Å². The van der Waals surface area contributed by atoms with Crippen LogP contribution < -0.4 is 4.90 Å². The van der Waals surface area contributed by atoms with Gasteiger partial charge in [-0.25, -0.2) is 4.98 Å². The van der Waals surface area contributed by atoms with Gasteiger partial charge in [-0.1, -0.05) is 49.2 Å². The van der Waals surface area contributed by atoms with Crippen molar-refractivity contribution in [3.8, 4) is 0 Å². The largest absolute Gasteiger partial charge is 0.340 e. The quantitative estimate of drug-likeness (QED) is 0.674. The van der Waals surface area contributed by atoms with E-state index in [0.29, 0.717) is 19.5 Å². The number of para-hydroxylation sites is 1. The molecule has 0 N–H and O–H groups in total.